The molecule has 0 aliphatic heterocycles. The van der Waals surface area contributed by atoms with Crippen LogP contribution in [0, 0.1) is 0 Å². The summed E-state index contributed by atoms with van der Waals surface area (Å²) < 4.78 is 0. The molecule has 0 unspecified atom stereocenters. The van der Waals surface area contributed by atoms with Crippen molar-refractivity contribution in [3.63, 3.8) is 0 Å². The standard InChI is InChI=1S/C13H20O/c14-13-9-3-7-12(8-4-10-13)11-5-1-2-6-11/h1-10H2. The van der Waals surface area contributed by atoms with Crippen molar-refractivity contribution in [3.8, 4) is 0 Å². The second-order valence-corrected chi connectivity index (χ2v) is 4.66. The van der Waals surface area contributed by atoms with Gasteiger partial charge in [0.2, 0.25) is 0 Å². The van der Waals surface area contributed by atoms with E-state index in [0.717, 1.165) is 25.7 Å². The lowest BCUT2D eigenvalue weighted by Gasteiger charge is -2.14. The molecule has 2 saturated carbocycles. The zero-order valence-electron chi connectivity index (χ0n) is 8.98. The molecule has 1 heteroatoms. The largest absolute Gasteiger partial charge is 0.300 e. The van der Waals surface area contributed by atoms with Crippen LogP contribution in [0.5, 0.6) is 0 Å². The predicted molar refractivity (Wildman–Crippen MR) is 58.2 cm³/mol. The van der Waals surface area contributed by atoms with E-state index < -0.39 is 0 Å². The van der Waals surface area contributed by atoms with Crippen molar-refractivity contribution < 1.29 is 4.79 Å². The second kappa shape index (κ2) is 4.77. The number of ketones is 1. The predicted octanol–water partition coefficient (Wildman–Crippen LogP) is 3.78. The minimum atomic E-state index is 0.487. The van der Waals surface area contributed by atoms with Gasteiger partial charge in [0.05, 0.1) is 0 Å². The van der Waals surface area contributed by atoms with Crippen molar-refractivity contribution in [2.75, 3.05) is 0 Å². The summed E-state index contributed by atoms with van der Waals surface area (Å²) in [5.74, 6) is 0.487. The smallest absolute Gasteiger partial charge is 0.132 e. The summed E-state index contributed by atoms with van der Waals surface area (Å²) >= 11 is 0. The Morgan fingerprint density at radius 3 is 1.50 bits per heavy atom. The molecule has 2 fully saturated rings. The molecule has 0 saturated heterocycles. The Balaban J connectivity index is 1.98. The van der Waals surface area contributed by atoms with Crippen molar-refractivity contribution in [3.05, 3.63) is 11.1 Å². The Kier molecular flexibility index (Phi) is 3.39. The molecule has 0 aromatic rings. The molecule has 0 aromatic heterocycles. The molecule has 78 valence electrons. The highest BCUT2D eigenvalue weighted by Gasteiger charge is 2.15. The van der Waals surface area contributed by atoms with Gasteiger partial charge in [-0.1, -0.05) is 11.1 Å². The number of carbonyl (C=O) groups is 1. The topological polar surface area (TPSA) is 17.1 Å². The lowest BCUT2D eigenvalue weighted by Crippen LogP contribution is -2.03. The molecule has 2 aliphatic rings. The Labute approximate surface area is 86.6 Å². The van der Waals surface area contributed by atoms with E-state index in [1.807, 2.05) is 0 Å². The van der Waals surface area contributed by atoms with Gasteiger partial charge in [-0.05, 0) is 51.4 Å². The molecule has 0 amide bonds. The first-order valence-corrected chi connectivity index (χ1v) is 6.08. The fourth-order valence-electron chi connectivity index (χ4n) is 2.76. The Hall–Kier alpha value is -0.590. The van der Waals surface area contributed by atoms with Crippen LogP contribution in [-0.2, 0) is 4.79 Å². The monoisotopic (exact) mass is 192 g/mol. The first kappa shape index (κ1) is 9.95. The average molecular weight is 192 g/mol. The van der Waals surface area contributed by atoms with E-state index in [4.69, 9.17) is 0 Å². The third kappa shape index (κ3) is 2.46. The molecular formula is C13H20O. The maximum atomic E-state index is 11.2. The van der Waals surface area contributed by atoms with Crippen LogP contribution in [0.15, 0.2) is 11.1 Å². The lowest BCUT2D eigenvalue weighted by atomic mass is 9.91. The van der Waals surface area contributed by atoms with Gasteiger partial charge >= 0.3 is 0 Å². The minimum absolute atomic E-state index is 0.487. The Morgan fingerprint density at radius 1 is 0.571 bits per heavy atom. The lowest BCUT2D eigenvalue weighted by molar-refractivity contribution is -0.119. The van der Waals surface area contributed by atoms with Gasteiger partial charge in [-0.15, -0.1) is 0 Å². The van der Waals surface area contributed by atoms with Gasteiger partial charge in [0.15, 0.2) is 0 Å². The van der Waals surface area contributed by atoms with Crippen LogP contribution in [0.4, 0.5) is 0 Å². The van der Waals surface area contributed by atoms with Gasteiger partial charge in [0.1, 0.15) is 5.78 Å². The summed E-state index contributed by atoms with van der Waals surface area (Å²) in [5.41, 5.74) is 3.47. The summed E-state index contributed by atoms with van der Waals surface area (Å²) in [6.07, 6.45) is 11.8. The fraction of sp³-hybridized carbons (Fsp3) is 0.769. The van der Waals surface area contributed by atoms with E-state index in [0.29, 0.717) is 5.78 Å². The third-order valence-corrected chi connectivity index (χ3v) is 3.58. The van der Waals surface area contributed by atoms with Crippen molar-refractivity contribution >= 4 is 5.78 Å². The minimum Gasteiger partial charge on any atom is -0.300 e. The van der Waals surface area contributed by atoms with Gasteiger partial charge in [0, 0.05) is 12.8 Å². The molecule has 1 nitrogen and oxygen atoms in total. The quantitative estimate of drug-likeness (QED) is 0.534. The van der Waals surface area contributed by atoms with Crippen molar-refractivity contribution in [1.82, 2.24) is 0 Å². The van der Waals surface area contributed by atoms with Gasteiger partial charge in [-0.2, -0.15) is 0 Å². The highest BCUT2D eigenvalue weighted by atomic mass is 16.1. The zero-order chi connectivity index (χ0) is 9.80. The first-order chi connectivity index (χ1) is 6.86. The molecule has 2 aliphatic carbocycles. The maximum Gasteiger partial charge on any atom is 0.132 e. The Bertz CT molecular complexity index is 228. The number of allylic oxidation sites excluding steroid dienone is 2. The summed E-state index contributed by atoms with van der Waals surface area (Å²) in [7, 11) is 0. The van der Waals surface area contributed by atoms with Crippen LogP contribution in [0.1, 0.15) is 64.2 Å². The maximum absolute atomic E-state index is 11.2. The third-order valence-electron chi connectivity index (χ3n) is 3.58. The average Bonchev–Trinajstić information content (AvgIpc) is 2.63. The molecule has 2 rings (SSSR count). The van der Waals surface area contributed by atoms with E-state index in [9.17, 15) is 4.79 Å². The van der Waals surface area contributed by atoms with Crippen LogP contribution in [0.2, 0.25) is 0 Å². The second-order valence-electron chi connectivity index (χ2n) is 4.66. The molecule has 0 atom stereocenters. The molecule has 0 aromatic carbocycles. The number of rotatable bonds is 0. The van der Waals surface area contributed by atoms with Crippen molar-refractivity contribution in [1.29, 1.82) is 0 Å². The van der Waals surface area contributed by atoms with Gasteiger partial charge in [-0.25, -0.2) is 0 Å². The first-order valence-electron chi connectivity index (χ1n) is 6.08. The highest BCUT2D eigenvalue weighted by Crippen LogP contribution is 2.32. The zero-order valence-corrected chi connectivity index (χ0v) is 8.98. The van der Waals surface area contributed by atoms with E-state index in [1.54, 1.807) is 11.1 Å². The Morgan fingerprint density at radius 2 is 1.00 bits per heavy atom. The summed E-state index contributed by atoms with van der Waals surface area (Å²) in [5, 5.41) is 0. The van der Waals surface area contributed by atoms with E-state index in [2.05, 4.69) is 0 Å². The van der Waals surface area contributed by atoms with Gasteiger partial charge < -0.3 is 0 Å². The van der Waals surface area contributed by atoms with Crippen molar-refractivity contribution in [2.45, 2.75) is 64.2 Å². The molecule has 14 heavy (non-hydrogen) atoms. The van der Waals surface area contributed by atoms with Crippen LogP contribution >= 0.6 is 0 Å². The summed E-state index contributed by atoms with van der Waals surface area (Å²) in [6.45, 7) is 0. The van der Waals surface area contributed by atoms with E-state index in [1.165, 1.54) is 38.5 Å². The van der Waals surface area contributed by atoms with Crippen LogP contribution in [0.25, 0.3) is 0 Å². The van der Waals surface area contributed by atoms with Crippen LogP contribution < -0.4 is 0 Å². The molecule has 0 heterocycles. The van der Waals surface area contributed by atoms with E-state index >= 15 is 0 Å². The molecule has 0 N–H and O–H groups in total. The summed E-state index contributed by atoms with van der Waals surface area (Å²) in [4.78, 5) is 11.2. The molecule has 0 spiro atoms. The molecular weight excluding hydrogens is 172 g/mol. The van der Waals surface area contributed by atoms with E-state index in [-0.39, 0.29) is 0 Å². The van der Waals surface area contributed by atoms with Crippen LogP contribution in [0.3, 0.4) is 0 Å². The SMILES string of the molecule is O=C1CCCC(=C2CCCC2)CCC1. The number of Topliss-reactive ketones (excluding diaryl/α,β-unsaturated/α-hetero) is 1. The van der Waals surface area contributed by atoms with Crippen molar-refractivity contribution in [2.24, 2.45) is 0 Å². The number of carbonyl (C=O) groups excluding carboxylic acids is 1. The fourth-order valence-corrected chi connectivity index (χ4v) is 2.76. The number of hydrogen-bond donors (Lipinski definition) is 0. The van der Waals surface area contributed by atoms with Gasteiger partial charge in [-0.3, -0.25) is 4.79 Å². The highest BCUT2D eigenvalue weighted by molar-refractivity contribution is 5.78. The van der Waals surface area contributed by atoms with Gasteiger partial charge in [0.25, 0.3) is 0 Å². The molecule has 0 radical (unpaired) electrons. The normalized spacial score (nSPS) is 25.0. The van der Waals surface area contributed by atoms with Crippen LogP contribution in [-0.4, -0.2) is 5.78 Å². The number of hydrogen-bond acceptors (Lipinski definition) is 1. The molecule has 0 bridgehead atoms. The summed E-state index contributed by atoms with van der Waals surface area (Å²) in [6, 6.07) is 0.